The highest BCUT2D eigenvalue weighted by Crippen LogP contribution is 2.42. The van der Waals surface area contributed by atoms with E-state index in [0.717, 1.165) is 5.56 Å². The van der Waals surface area contributed by atoms with Crippen LogP contribution >= 0.6 is 0 Å². The number of benzene rings is 5. The number of carbonyl (C=O) groups is 1. The summed E-state index contributed by atoms with van der Waals surface area (Å²) in [4.78, 5) is 16.2. The first-order valence-corrected chi connectivity index (χ1v) is 22.4. The summed E-state index contributed by atoms with van der Waals surface area (Å²) < 4.78 is 343. The average Bonchev–Trinajstić information content (AvgIpc) is 3.51. The molecule has 0 unspecified atom stereocenters. The Morgan fingerprint density at radius 2 is 0.654 bits per heavy atom. The predicted molar refractivity (Wildman–Crippen MR) is 231 cm³/mol. The summed E-state index contributed by atoms with van der Waals surface area (Å²) >= 11 is 0. The number of alkyl halides is 24. The largest absolute Gasteiger partial charge is 0.416 e. The van der Waals surface area contributed by atoms with Crippen LogP contribution in [0.3, 0.4) is 0 Å². The molecule has 0 saturated heterocycles. The van der Waals surface area contributed by atoms with Crippen molar-refractivity contribution in [1.29, 1.82) is 0 Å². The number of Topliss-reactive ketones (excluding diaryl/α,β-unsaturated/α-hetero) is 1. The van der Waals surface area contributed by atoms with Gasteiger partial charge < -0.3 is 0 Å². The second kappa shape index (κ2) is 21.5. The molecule has 5 aromatic carbocycles. The van der Waals surface area contributed by atoms with Gasteiger partial charge in [0.2, 0.25) is 12.3 Å². The molecule has 1 heterocycles. The Labute approximate surface area is 424 Å². The Balaban J connectivity index is 0.000000387. The predicted octanol–water partition coefficient (Wildman–Crippen LogP) is 14.5. The Hall–Kier alpha value is -6.77. The van der Waals surface area contributed by atoms with E-state index in [1.54, 1.807) is 12.4 Å². The topological polar surface area (TPSA) is 33.8 Å². The van der Waals surface area contributed by atoms with E-state index in [4.69, 9.17) is 0 Å². The van der Waals surface area contributed by atoms with Crippen molar-refractivity contribution in [1.82, 2.24) is 4.98 Å². The van der Waals surface area contributed by atoms with E-state index in [1.807, 2.05) is 29.1 Å². The minimum atomic E-state index is -6.13. The lowest BCUT2D eigenvalue weighted by molar-refractivity contribution is -0.683. The van der Waals surface area contributed by atoms with Crippen LogP contribution < -0.4 is 26.4 Å². The summed E-state index contributed by atoms with van der Waals surface area (Å²) in [7, 11) is 0. The number of hydrogen-bond acceptors (Lipinski definition) is 2. The van der Waals surface area contributed by atoms with E-state index in [9.17, 15) is 110 Å². The highest BCUT2D eigenvalue weighted by atomic mass is 19.4. The van der Waals surface area contributed by atoms with Crippen LogP contribution in [0.5, 0.6) is 0 Å². The van der Waals surface area contributed by atoms with Gasteiger partial charge in [0, 0.05) is 5.56 Å². The van der Waals surface area contributed by atoms with Crippen molar-refractivity contribution in [3.05, 3.63) is 177 Å². The van der Waals surface area contributed by atoms with Gasteiger partial charge in [-0.3, -0.25) is 9.78 Å². The molecule has 3 nitrogen and oxygen atoms in total. The van der Waals surface area contributed by atoms with E-state index in [0.29, 0.717) is 12.5 Å². The van der Waals surface area contributed by atoms with Gasteiger partial charge in [0.15, 0.2) is 12.4 Å². The number of ketones is 1. The van der Waals surface area contributed by atoms with Crippen molar-refractivity contribution >= 4 is 33.8 Å². The molecule has 0 atom stereocenters. The molecule has 0 radical (unpaired) electrons. The fraction of sp³-hybridized carbons (Fsp3) is 0.300. The van der Waals surface area contributed by atoms with E-state index < -0.39 is 195 Å². The molecule has 78 heavy (non-hydrogen) atoms. The standard InChI is InChI=1S/C32H12BF24.C18H21N2O/c34-25(35,36)13-1-14(26(37,38)39)6-21(5-13)33(22-7-15(27(40,41)42)2-16(8-22)28(43,44)45,23-9-17(29(46,47)48)3-18(10-23)30(49,50)51)24-11-19(31(52,53)54)4-20(12-24)32(55,56)57;21-18(14-20-12-10-19-11-13-20)17-8-6-16(7-9-17)15-4-2-1-3-5-15/h1-12H;6-13,15H,1-5,14H2/q-1;+1. The van der Waals surface area contributed by atoms with E-state index in [2.05, 4.69) is 17.1 Å². The first kappa shape index (κ1) is 60.5. The number of hydrogen-bond donors (Lipinski definition) is 0. The van der Waals surface area contributed by atoms with Gasteiger partial charge in [-0.15, -0.1) is 0 Å². The molecular formula is C50H33BF24N2O. The molecule has 0 amide bonds. The lowest BCUT2D eigenvalue weighted by Crippen LogP contribution is -2.75. The maximum atomic E-state index is 14.2. The molecule has 0 bridgehead atoms. The van der Waals surface area contributed by atoms with E-state index >= 15 is 0 Å². The van der Waals surface area contributed by atoms with Gasteiger partial charge in [-0.1, -0.05) is 92.1 Å². The summed E-state index contributed by atoms with van der Waals surface area (Å²) in [5.41, 5.74) is -28.0. The molecule has 28 heteroatoms. The Kier molecular flexibility index (Phi) is 16.6. The average molecular weight is 1140 g/mol. The van der Waals surface area contributed by atoms with Gasteiger partial charge in [-0.25, -0.2) is 0 Å². The van der Waals surface area contributed by atoms with E-state index in [-0.39, 0.29) is 5.78 Å². The molecule has 0 aliphatic heterocycles. The Morgan fingerprint density at radius 1 is 0.397 bits per heavy atom. The maximum absolute atomic E-state index is 14.2. The third kappa shape index (κ3) is 14.1. The van der Waals surface area contributed by atoms with Crippen LogP contribution in [0.1, 0.15) is 98.5 Å². The first-order chi connectivity index (χ1) is 35.6. The zero-order valence-electron chi connectivity index (χ0n) is 38.8. The second-order valence-electron chi connectivity index (χ2n) is 18.0. The SMILES string of the molecule is FC(F)(F)c1cc([B-](c2cc(C(F)(F)F)cc(C(F)(F)F)c2)(c2cc(C(F)(F)F)cc(C(F)(F)F)c2)c2cc(C(F)(F)F)cc(C(F)(F)F)c2)cc(C(F)(F)F)c1.O=C(C[n+]1ccncc1)c1ccc(C2CCCCC2)cc1. The number of aromatic nitrogens is 2. The van der Waals surface area contributed by atoms with Crippen molar-refractivity contribution in [3.63, 3.8) is 0 Å². The molecule has 1 saturated carbocycles. The van der Waals surface area contributed by atoms with Crippen LogP contribution in [0.15, 0.2) is 122 Å². The Morgan fingerprint density at radius 3 is 0.897 bits per heavy atom. The molecule has 6 aromatic rings. The van der Waals surface area contributed by atoms with Gasteiger partial charge in [0.05, 0.1) is 56.9 Å². The molecule has 7 rings (SSSR count). The van der Waals surface area contributed by atoms with Gasteiger partial charge >= 0.3 is 49.4 Å². The highest BCUT2D eigenvalue weighted by molar-refractivity contribution is 7.20. The number of rotatable bonds is 8. The quantitative estimate of drug-likeness (QED) is 0.0659. The van der Waals surface area contributed by atoms with Gasteiger partial charge in [-0.05, 0) is 48.6 Å². The number of nitrogens with zero attached hydrogens (tertiary/aromatic N) is 2. The van der Waals surface area contributed by atoms with Crippen LogP contribution in [0.2, 0.25) is 0 Å². The lowest BCUT2D eigenvalue weighted by atomic mass is 9.12. The molecule has 1 aliphatic rings. The van der Waals surface area contributed by atoms with Crippen LogP contribution in [0, 0.1) is 0 Å². The maximum Gasteiger partial charge on any atom is 0.416 e. The highest BCUT2D eigenvalue weighted by Gasteiger charge is 2.47. The number of halogens is 24. The summed E-state index contributed by atoms with van der Waals surface area (Å²) in [6.07, 6.45) is -41.2. The van der Waals surface area contributed by atoms with E-state index in [1.165, 1.54) is 37.7 Å². The zero-order valence-corrected chi connectivity index (χ0v) is 38.8. The molecule has 0 N–H and O–H groups in total. The van der Waals surface area contributed by atoms with Gasteiger partial charge in [0.1, 0.15) is 6.15 Å². The monoisotopic (exact) mass is 1140 g/mol. The Bertz CT molecular complexity index is 2650. The zero-order chi connectivity index (χ0) is 58.4. The summed E-state index contributed by atoms with van der Waals surface area (Å²) in [6, 6.07) is -0.571. The van der Waals surface area contributed by atoms with Gasteiger partial charge in [0.25, 0.3) is 0 Å². The molecule has 1 aromatic heterocycles. The third-order valence-electron chi connectivity index (χ3n) is 12.8. The molecule has 1 fully saturated rings. The van der Waals surface area contributed by atoms with Gasteiger partial charge in [-0.2, -0.15) is 132 Å². The molecule has 1 aliphatic carbocycles. The van der Waals surface area contributed by atoms with Crippen LogP contribution in [-0.2, 0) is 56.0 Å². The minimum Gasteiger partial charge on any atom is -0.287 e. The van der Waals surface area contributed by atoms with Crippen molar-refractivity contribution in [2.45, 2.75) is 94.0 Å². The minimum absolute atomic E-state index is 0.140. The van der Waals surface area contributed by atoms with Crippen LogP contribution in [0.25, 0.3) is 0 Å². The number of carbonyl (C=O) groups excluding carboxylic acids is 1. The normalized spacial score (nSPS) is 14.7. The lowest BCUT2D eigenvalue weighted by Gasteiger charge is -2.46. The van der Waals surface area contributed by atoms with Crippen LogP contribution in [0.4, 0.5) is 105 Å². The fourth-order valence-corrected chi connectivity index (χ4v) is 9.16. The second-order valence-corrected chi connectivity index (χ2v) is 18.0. The van der Waals surface area contributed by atoms with Crippen LogP contribution in [-0.4, -0.2) is 16.9 Å². The summed E-state index contributed by atoms with van der Waals surface area (Å²) in [6.45, 7) is 0.366. The smallest absolute Gasteiger partial charge is 0.287 e. The summed E-state index contributed by atoms with van der Waals surface area (Å²) in [5.74, 6) is 0.832. The molecular weight excluding hydrogens is 1110 g/mol. The van der Waals surface area contributed by atoms with Crippen molar-refractivity contribution in [2.75, 3.05) is 0 Å². The van der Waals surface area contributed by atoms with Crippen molar-refractivity contribution in [2.24, 2.45) is 0 Å². The first-order valence-electron chi connectivity index (χ1n) is 22.4. The molecule has 0 spiro atoms. The third-order valence-corrected chi connectivity index (χ3v) is 12.8. The molecule has 420 valence electrons. The van der Waals surface area contributed by atoms with Crippen molar-refractivity contribution < 1.29 is 115 Å². The summed E-state index contributed by atoms with van der Waals surface area (Å²) in [5, 5.41) is 0. The van der Waals surface area contributed by atoms with Crippen molar-refractivity contribution in [3.8, 4) is 0 Å². The fourth-order valence-electron chi connectivity index (χ4n) is 9.16.